The third-order valence-electron chi connectivity index (χ3n) is 5.14. The van der Waals surface area contributed by atoms with Crippen LogP contribution in [0, 0.1) is 5.92 Å². The predicted molar refractivity (Wildman–Crippen MR) is 112 cm³/mol. The summed E-state index contributed by atoms with van der Waals surface area (Å²) in [6.07, 6.45) is 6.51. The molecule has 3 aromatic rings. The summed E-state index contributed by atoms with van der Waals surface area (Å²) in [6, 6.07) is 18.2. The average Bonchev–Trinajstić information content (AvgIpc) is 2.71. The van der Waals surface area contributed by atoms with Crippen LogP contribution < -0.4 is 9.47 Å². The second-order valence-electron chi connectivity index (χ2n) is 7.21. The van der Waals surface area contributed by atoms with Gasteiger partial charge in [0.05, 0.1) is 12.1 Å². The lowest BCUT2D eigenvalue weighted by Crippen LogP contribution is -2.15. The van der Waals surface area contributed by atoms with Gasteiger partial charge in [-0.1, -0.05) is 65.5 Å². The van der Waals surface area contributed by atoms with Gasteiger partial charge in [0, 0.05) is 15.9 Å². The molecule has 0 N–H and O–H groups in total. The van der Waals surface area contributed by atoms with Crippen LogP contribution in [0.2, 0.25) is 0 Å². The number of pyridine rings is 1. The molecule has 27 heavy (non-hydrogen) atoms. The SMILES string of the molecule is Brc1ccc2c(OCc3ccccc3)cc(OCC3CCCCC3)nc2c1. The van der Waals surface area contributed by atoms with E-state index < -0.39 is 0 Å². The fraction of sp³-hybridized carbons (Fsp3) is 0.348. The van der Waals surface area contributed by atoms with Crippen molar-refractivity contribution in [1.82, 2.24) is 4.98 Å². The Hall–Kier alpha value is -2.07. The van der Waals surface area contributed by atoms with E-state index in [0.717, 1.165) is 33.3 Å². The Balaban J connectivity index is 1.55. The van der Waals surface area contributed by atoms with Crippen LogP contribution in [0.3, 0.4) is 0 Å². The van der Waals surface area contributed by atoms with Gasteiger partial charge in [-0.15, -0.1) is 0 Å². The van der Waals surface area contributed by atoms with Crippen molar-refractivity contribution >= 4 is 26.8 Å². The van der Waals surface area contributed by atoms with Crippen LogP contribution in [-0.2, 0) is 6.61 Å². The molecule has 1 aromatic heterocycles. The summed E-state index contributed by atoms with van der Waals surface area (Å²) in [5, 5.41) is 0.999. The largest absolute Gasteiger partial charge is 0.488 e. The third kappa shape index (κ3) is 4.81. The first-order valence-electron chi connectivity index (χ1n) is 9.68. The monoisotopic (exact) mass is 425 g/mol. The number of benzene rings is 2. The van der Waals surface area contributed by atoms with Gasteiger partial charge in [0.1, 0.15) is 12.4 Å². The Kier molecular flexibility index (Phi) is 5.93. The number of nitrogens with zero attached hydrogens (tertiary/aromatic N) is 1. The van der Waals surface area contributed by atoms with Crippen LogP contribution in [0.25, 0.3) is 10.9 Å². The molecule has 0 aliphatic heterocycles. The van der Waals surface area contributed by atoms with E-state index in [1.54, 1.807) is 0 Å². The number of hydrogen-bond donors (Lipinski definition) is 0. The lowest BCUT2D eigenvalue weighted by molar-refractivity contribution is 0.202. The summed E-state index contributed by atoms with van der Waals surface area (Å²) in [4.78, 5) is 4.70. The molecule has 1 aliphatic carbocycles. The van der Waals surface area contributed by atoms with Gasteiger partial charge >= 0.3 is 0 Å². The Bertz CT molecular complexity index is 892. The molecule has 3 nitrogen and oxygen atoms in total. The van der Waals surface area contributed by atoms with Crippen molar-refractivity contribution in [3.63, 3.8) is 0 Å². The van der Waals surface area contributed by atoms with E-state index in [-0.39, 0.29) is 0 Å². The maximum Gasteiger partial charge on any atom is 0.217 e. The Morgan fingerprint density at radius 1 is 0.926 bits per heavy atom. The lowest BCUT2D eigenvalue weighted by atomic mass is 9.90. The molecule has 4 heteroatoms. The molecule has 0 unspecified atom stereocenters. The standard InChI is InChI=1S/C23H24BrNO2/c24-19-11-12-20-21(13-19)25-23(27-16-18-9-5-2-6-10-18)14-22(20)26-15-17-7-3-1-4-8-17/h1,3-4,7-8,11-14,18H,2,5-6,9-10,15-16H2. The van der Waals surface area contributed by atoms with E-state index in [1.165, 1.54) is 32.1 Å². The zero-order valence-electron chi connectivity index (χ0n) is 15.4. The fourth-order valence-electron chi connectivity index (χ4n) is 3.63. The molecule has 4 rings (SSSR count). The predicted octanol–water partition coefficient (Wildman–Crippen LogP) is 6.54. The molecule has 0 saturated heterocycles. The van der Waals surface area contributed by atoms with E-state index in [0.29, 0.717) is 18.4 Å². The maximum absolute atomic E-state index is 6.14. The van der Waals surface area contributed by atoms with E-state index >= 15 is 0 Å². The minimum absolute atomic E-state index is 0.526. The third-order valence-corrected chi connectivity index (χ3v) is 5.63. The summed E-state index contributed by atoms with van der Waals surface area (Å²) >= 11 is 3.54. The van der Waals surface area contributed by atoms with Crippen molar-refractivity contribution in [3.05, 3.63) is 64.6 Å². The molecule has 140 valence electrons. The smallest absolute Gasteiger partial charge is 0.217 e. The highest BCUT2D eigenvalue weighted by Crippen LogP contribution is 2.32. The van der Waals surface area contributed by atoms with E-state index in [2.05, 4.69) is 28.1 Å². The topological polar surface area (TPSA) is 31.4 Å². The normalized spacial score (nSPS) is 15.0. The van der Waals surface area contributed by atoms with Crippen LogP contribution in [0.15, 0.2) is 59.1 Å². The molecule has 1 fully saturated rings. The van der Waals surface area contributed by atoms with Gasteiger partial charge in [0.25, 0.3) is 0 Å². The first kappa shape index (κ1) is 18.3. The summed E-state index contributed by atoms with van der Waals surface area (Å²) in [7, 11) is 0. The summed E-state index contributed by atoms with van der Waals surface area (Å²) in [5.74, 6) is 2.11. The number of fused-ring (bicyclic) bond motifs is 1. The van der Waals surface area contributed by atoms with Crippen LogP contribution in [0.5, 0.6) is 11.6 Å². The lowest BCUT2D eigenvalue weighted by Gasteiger charge is -2.21. The van der Waals surface area contributed by atoms with Crippen LogP contribution in [-0.4, -0.2) is 11.6 Å². The van der Waals surface area contributed by atoms with Gasteiger partial charge in [0.15, 0.2) is 0 Å². The molecule has 2 aromatic carbocycles. The summed E-state index contributed by atoms with van der Waals surface area (Å²) < 4.78 is 13.2. The van der Waals surface area contributed by atoms with Gasteiger partial charge < -0.3 is 9.47 Å². The highest BCUT2D eigenvalue weighted by molar-refractivity contribution is 9.10. The zero-order valence-corrected chi connectivity index (χ0v) is 17.0. The first-order valence-corrected chi connectivity index (χ1v) is 10.5. The molecule has 0 atom stereocenters. The number of rotatable bonds is 6. The molecule has 0 amide bonds. The van der Waals surface area contributed by atoms with Crippen molar-refractivity contribution in [2.75, 3.05) is 6.61 Å². The van der Waals surface area contributed by atoms with Crippen molar-refractivity contribution in [3.8, 4) is 11.6 Å². The molecule has 0 radical (unpaired) electrons. The number of hydrogen-bond acceptors (Lipinski definition) is 3. The zero-order chi connectivity index (χ0) is 18.5. The van der Waals surface area contributed by atoms with Gasteiger partial charge in [0.2, 0.25) is 5.88 Å². The molecule has 1 saturated carbocycles. The Morgan fingerprint density at radius 2 is 1.74 bits per heavy atom. The molecule has 0 spiro atoms. The van der Waals surface area contributed by atoms with Crippen LogP contribution in [0.4, 0.5) is 0 Å². The second kappa shape index (κ2) is 8.75. The molecule has 1 aliphatic rings. The van der Waals surface area contributed by atoms with Crippen LogP contribution in [0.1, 0.15) is 37.7 Å². The van der Waals surface area contributed by atoms with Gasteiger partial charge in [-0.25, -0.2) is 4.98 Å². The number of halogens is 1. The minimum Gasteiger partial charge on any atom is -0.488 e. The first-order chi connectivity index (χ1) is 13.3. The molecular formula is C23H24BrNO2. The number of aromatic nitrogens is 1. The molecular weight excluding hydrogens is 402 g/mol. The number of ether oxygens (including phenoxy) is 2. The average molecular weight is 426 g/mol. The minimum atomic E-state index is 0.526. The highest BCUT2D eigenvalue weighted by Gasteiger charge is 2.15. The quantitative estimate of drug-likeness (QED) is 0.449. The summed E-state index contributed by atoms with van der Waals surface area (Å²) in [6.45, 7) is 1.27. The molecule has 0 bridgehead atoms. The van der Waals surface area contributed by atoms with E-state index in [1.807, 2.05) is 42.5 Å². The highest BCUT2D eigenvalue weighted by atomic mass is 79.9. The second-order valence-corrected chi connectivity index (χ2v) is 8.13. The van der Waals surface area contributed by atoms with Gasteiger partial charge in [-0.3, -0.25) is 0 Å². The Morgan fingerprint density at radius 3 is 2.56 bits per heavy atom. The van der Waals surface area contributed by atoms with Crippen molar-refractivity contribution in [2.45, 2.75) is 38.7 Å². The maximum atomic E-state index is 6.14. The van der Waals surface area contributed by atoms with Crippen molar-refractivity contribution in [2.24, 2.45) is 5.92 Å². The Labute approximate surface area is 168 Å². The van der Waals surface area contributed by atoms with Crippen LogP contribution >= 0.6 is 15.9 Å². The van der Waals surface area contributed by atoms with Crippen molar-refractivity contribution in [1.29, 1.82) is 0 Å². The fourth-order valence-corrected chi connectivity index (χ4v) is 3.98. The van der Waals surface area contributed by atoms with Crippen molar-refractivity contribution < 1.29 is 9.47 Å². The van der Waals surface area contributed by atoms with E-state index in [9.17, 15) is 0 Å². The van der Waals surface area contributed by atoms with E-state index in [4.69, 9.17) is 14.5 Å². The van der Waals surface area contributed by atoms with Gasteiger partial charge in [-0.2, -0.15) is 0 Å². The van der Waals surface area contributed by atoms with Gasteiger partial charge in [-0.05, 0) is 42.5 Å². The summed E-state index contributed by atoms with van der Waals surface area (Å²) in [5.41, 5.74) is 2.03. The molecule has 1 heterocycles.